The summed E-state index contributed by atoms with van der Waals surface area (Å²) in [6, 6.07) is 7.85. The number of phenolic OH excluding ortho intramolecular Hbond substituents is 2. The highest BCUT2D eigenvalue weighted by Gasteiger charge is 2.66. The summed E-state index contributed by atoms with van der Waals surface area (Å²) >= 11 is 0. The molecule has 2 aliphatic carbocycles. The van der Waals surface area contributed by atoms with E-state index in [1.54, 1.807) is 6.07 Å². The van der Waals surface area contributed by atoms with Crippen LogP contribution in [-0.2, 0) is 36.3 Å². The number of methoxy groups -OCH3 is 2. The van der Waals surface area contributed by atoms with Crippen LogP contribution in [0.1, 0.15) is 69.2 Å². The first-order valence-corrected chi connectivity index (χ1v) is 19.2. The number of anilines is 1. The predicted octanol–water partition coefficient (Wildman–Crippen LogP) is 5.87. The van der Waals surface area contributed by atoms with Crippen LogP contribution in [0, 0.1) is 17.3 Å². The van der Waals surface area contributed by atoms with E-state index < -0.39 is 10.8 Å². The number of ether oxygens (including phenoxy) is 2. The molecule has 11 rings (SSSR count). The van der Waals surface area contributed by atoms with Gasteiger partial charge in [0.1, 0.15) is 16.9 Å². The lowest BCUT2D eigenvalue weighted by molar-refractivity contribution is -0.162. The van der Waals surface area contributed by atoms with Crippen LogP contribution in [0.5, 0.6) is 11.5 Å². The molecular formula is C42H48N4O6. The highest BCUT2D eigenvalue weighted by Crippen LogP contribution is 2.66. The molecule has 4 N–H and O–H groups in total. The minimum absolute atomic E-state index is 0.0362. The molecule has 8 aliphatic rings. The largest absolute Gasteiger partial charge is 0.507 e. The number of hydrogen-bond acceptors (Lipinski definition) is 9. The van der Waals surface area contributed by atoms with Gasteiger partial charge in [-0.15, -0.1) is 0 Å². The maximum absolute atomic E-state index is 14.2. The molecule has 0 amide bonds. The van der Waals surface area contributed by atoms with Crippen molar-refractivity contribution >= 4 is 28.5 Å². The van der Waals surface area contributed by atoms with Crippen LogP contribution in [-0.4, -0.2) is 89.4 Å². The van der Waals surface area contributed by atoms with E-state index in [1.807, 2.05) is 12.1 Å². The lowest BCUT2D eigenvalue weighted by Crippen LogP contribution is -2.67. The van der Waals surface area contributed by atoms with Crippen molar-refractivity contribution in [3.05, 3.63) is 64.5 Å². The summed E-state index contributed by atoms with van der Waals surface area (Å²) < 4.78 is 11.0. The molecule has 0 radical (unpaired) electrons. The number of carbonyl (C=O) groups excluding carboxylic acids is 2. The number of carbonyl (C=O) groups is 2. The van der Waals surface area contributed by atoms with Crippen molar-refractivity contribution in [2.75, 3.05) is 45.7 Å². The van der Waals surface area contributed by atoms with Gasteiger partial charge in [0.15, 0.2) is 0 Å². The molecule has 6 aliphatic heterocycles. The van der Waals surface area contributed by atoms with Crippen molar-refractivity contribution in [2.24, 2.45) is 17.3 Å². The Bertz CT molecular complexity index is 2150. The number of rotatable bonds is 5. The van der Waals surface area contributed by atoms with Gasteiger partial charge in [0.05, 0.1) is 42.0 Å². The van der Waals surface area contributed by atoms with Crippen molar-refractivity contribution < 1.29 is 29.3 Å². The fourth-order valence-corrected chi connectivity index (χ4v) is 13.0. The monoisotopic (exact) mass is 704 g/mol. The molecule has 7 heterocycles. The van der Waals surface area contributed by atoms with Gasteiger partial charge in [0.25, 0.3) is 0 Å². The fraction of sp³-hybridized carbons (Fsp3) is 0.524. The van der Waals surface area contributed by atoms with E-state index in [0.717, 1.165) is 92.6 Å². The first-order chi connectivity index (χ1) is 25.2. The number of esters is 2. The molecule has 8 unspecified atom stereocenters. The number of aromatic amines is 1. The first kappa shape index (κ1) is 32.4. The molecular weight excluding hydrogens is 656 g/mol. The van der Waals surface area contributed by atoms with Gasteiger partial charge in [0.2, 0.25) is 0 Å². The number of fused-ring (bicyclic) bond motifs is 5. The number of aromatic hydroxyl groups is 2. The number of nitrogens with one attached hydrogen (secondary N) is 2. The number of H-pyrrole nitrogens is 1. The average Bonchev–Trinajstić information content (AvgIpc) is 3.84. The topological polar surface area (TPSA) is 127 Å². The zero-order valence-electron chi connectivity index (χ0n) is 30.5. The SMILES string of the molecule is CCC1CC2CN3CCc4c([nH]c5c(-c6ccc7c(c6O)NC6=C(C(=O)OC)CC8(CC)C=CCN9CCC67C98)c(O)ccc45)C(C(=O)OC)(C2)C13. The molecule has 3 aromatic rings. The first-order valence-electron chi connectivity index (χ1n) is 19.2. The smallest absolute Gasteiger partial charge is 0.335 e. The molecule has 4 bridgehead atoms. The number of piperidine rings is 2. The molecule has 1 spiro atoms. The maximum atomic E-state index is 14.2. The maximum Gasteiger partial charge on any atom is 0.335 e. The highest BCUT2D eigenvalue weighted by atomic mass is 16.5. The molecule has 272 valence electrons. The van der Waals surface area contributed by atoms with Crippen molar-refractivity contribution in [1.82, 2.24) is 14.8 Å². The zero-order chi connectivity index (χ0) is 35.9. The molecule has 52 heavy (non-hydrogen) atoms. The molecule has 10 nitrogen and oxygen atoms in total. The van der Waals surface area contributed by atoms with Crippen LogP contribution in [0.15, 0.2) is 47.7 Å². The minimum Gasteiger partial charge on any atom is -0.507 e. The number of phenols is 2. The van der Waals surface area contributed by atoms with Gasteiger partial charge in [-0.1, -0.05) is 38.5 Å². The molecule has 1 saturated carbocycles. The van der Waals surface area contributed by atoms with Gasteiger partial charge in [-0.2, -0.15) is 0 Å². The Hall–Kier alpha value is -4.28. The van der Waals surface area contributed by atoms with E-state index in [2.05, 4.69) is 52.2 Å². The summed E-state index contributed by atoms with van der Waals surface area (Å²) in [5.41, 5.74) is 5.15. The molecule has 2 aromatic carbocycles. The Morgan fingerprint density at radius 2 is 1.90 bits per heavy atom. The standard InChI is InChI=1S/C42H48N4O6/c1-5-23-18-22-19-42(39(50)52-4)34-25(12-16-46(21-22)36(23)42)24-9-11-29(47)30(31(24)43-34)26-8-10-28-32(33(26)48)44-35-27(37(49)51-3)20-40(6-2)13-7-15-45-17-14-41(28,35)38(40)45/h7-11,13,22-23,36,38,43-44,47-48H,5-6,12,14-21H2,1-4H3. The van der Waals surface area contributed by atoms with Crippen LogP contribution < -0.4 is 5.32 Å². The Kier molecular flexibility index (Phi) is 6.78. The molecule has 3 saturated heterocycles. The van der Waals surface area contributed by atoms with Crippen molar-refractivity contribution in [3.63, 3.8) is 0 Å². The van der Waals surface area contributed by atoms with Crippen molar-refractivity contribution in [1.29, 1.82) is 0 Å². The summed E-state index contributed by atoms with van der Waals surface area (Å²) in [6.07, 6.45) is 10.4. The second-order valence-corrected chi connectivity index (χ2v) is 16.6. The van der Waals surface area contributed by atoms with Gasteiger partial charge in [-0.05, 0) is 79.7 Å². The number of aromatic nitrogens is 1. The fourth-order valence-electron chi connectivity index (χ4n) is 13.0. The quantitative estimate of drug-likeness (QED) is 0.147. The second-order valence-electron chi connectivity index (χ2n) is 16.6. The van der Waals surface area contributed by atoms with Crippen molar-refractivity contribution in [3.8, 4) is 22.6 Å². The third-order valence-corrected chi connectivity index (χ3v) is 14.8. The summed E-state index contributed by atoms with van der Waals surface area (Å²) in [4.78, 5) is 36.5. The third-order valence-electron chi connectivity index (χ3n) is 14.8. The van der Waals surface area contributed by atoms with Gasteiger partial charge in [-0.25, -0.2) is 4.79 Å². The zero-order valence-corrected chi connectivity index (χ0v) is 30.5. The molecule has 10 heteroatoms. The normalized spacial score (nSPS) is 35.0. The second kappa shape index (κ2) is 10.9. The summed E-state index contributed by atoms with van der Waals surface area (Å²) in [5, 5.41) is 28.6. The lowest BCUT2D eigenvalue weighted by Gasteiger charge is -2.57. The summed E-state index contributed by atoms with van der Waals surface area (Å²) in [6.45, 7) is 8.03. The highest BCUT2D eigenvalue weighted by molar-refractivity contribution is 6.04. The van der Waals surface area contributed by atoms with Gasteiger partial charge < -0.3 is 30.0 Å². The Morgan fingerprint density at radius 3 is 2.67 bits per heavy atom. The van der Waals surface area contributed by atoms with Crippen LogP contribution in [0.25, 0.3) is 22.0 Å². The lowest BCUT2D eigenvalue weighted by atomic mass is 9.55. The molecule has 8 atom stereocenters. The summed E-state index contributed by atoms with van der Waals surface area (Å²) in [5.74, 6) is 0.326. The van der Waals surface area contributed by atoms with E-state index in [9.17, 15) is 19.8 Å². The predicted molar refractivity (Wildman–Crippen MR) is 197 cm³/mol. The number of nitrogens with zero attached hydrogens (tertiary/aromatic N) is 2. The third kappa shape index (κ3) is 3.72. The van der Waals surface area contributed by atoms with Gasteiger partial charge in [-0.3, -0.25) is 14.6 Å². The van der Waals surface area contributed by atoms with Crippen LogP contribution in [0.2, 0.25) is 0 Å². The molecule has 1 aromatic heterocycles. The minimum atomic E-state index is -0.837. The van der Waals surface area contributed by atoms with Crippen LogP contribution >= 0.6 is 0 Å². The van der Waals surface area contributed by atoms with Crippen LogP contribution in [0.4, 0.5) is 5.69 Å². The van der Waals surface area contributed by atoms with E-state index in [0.29, 0.717) is 46.2 Å². The van der Waals surface area contributed by atoms with Crippen molar-refractivity contribution in [2.45, 2.75) is 81.7 Å². The van der Waals surface area contributed by atoms with E-state index >= 15 is 0 Å². The number of benzene rings is 2. The number of hydrogen-bond donors (Lipinski definition) is 4. The Balaban J connectivity index is 1.18. The van der Waals surface area contributed by atoms with Gasteiger partial charge >= 0.3 is 11.9 Å². The summed E-state index contributed by atoms with van der Waals surface area (Å²) in [7, 11) is 2.94. The Labute approximate surface area is 303 Å². The van der Waals surface area contributed by atoms with Gasteiger partial charge in [0, 0.05) is 66.0 Å². The van der Waals surface area contributed by atoms with E-state index in [-0.39, 0.29) is 40.9 Å². The van der Waals surface area contributed by atoms with E-state index in [4.69, 9.17) is 9.47 Å². The van der Waals surface area contributed by atoms with E-state index in [1.165, 1.54) is 14.2 Å². The average molecular weight is 705 g/mol. The Morgan fingerprint density at radius 1 is 1.06 bits per heavy atom. The van der Waals surface area contributed by atoms with Crippen LogP contribution in [0.3, 0.4) is 0 Å². The molecule has 4 fully saturated rings.